The van der Waals surface area contributed by atoms with Crippen molar-refractivity contribution in [2.75, 3.05) is 33.4 Å². The van der Waals surface area contributed by atoms with Gasteiger partial charge in [-0.25, -0.2) is 4.98 Å². The molecule has 1 aliphatic rings. The number of ether oxygens (including phenoxy) is 3. The second-order valence-electron chi connectivity index (χ2n) is 6.95. The lowest BCUT2D eigenvalue weighted by Crippen LogP contribution is -2.47. The van der Waals surface area contributed by atoms with Crippen molar-refractivity contribution in [3.05, 3.63) is 65.9 Å². The number of pyridine rings is 1. The van der Waals surface area contributed by atoms with Gasteiger partial charge >= 0.3 is 0 Å². The number of rotatable bonds is 5. The first kappa shape index (κ1) is 19.7. The van der Waals surface area contributed by atoms with E-state index in [1.54, 1.807) is 24.1 Å². The van der Waals surface area contributed by atoms with E-state index in [4.69, 9.17) is 20.6 Å². The van der Waals surface area contributed by atoms with Crippen LogP contribution in [-0.2, 0) is 4.74 Å². The Morgan fingerprint density at radius 3 is 2.97 bits per heavy atom. The average Bonchev–Trinajstić information content (AvgIpc) is 2.81. The van der Waals surface area contributed by atoms with E-state index in [0.717, 1.165) is 16.5 Å². The summed E-state index contributed by atoms with van der Waals surface area (Å²) in [6.45, 7) is 1.68. The van der Waals surface area contributed by atoms with Crippen LogP contribution in [0.2, 0.25) is 0 Å². The Labute approximate surface area is 175 Å². The summed E-state index contributed by atoms with van der Waals surface area (Å²) in [5.41, 5.74) is 1.83. The zero-order valence-electron chi connectivity index (χ0n) is 16.7. The molecular formula is C24H22N2O4. The van der Waals surface area contributed by atoms with Crippen LogP contribution in [0.25, 0.3) is 10.9 Å². The minimum absolute atomic E-state index is 0.151. The molecule has 2 aromatic carbocycles. The summed E-state index contributed by atoms with van der Waals surface area (Å²) < 4.78 is 17.1. The van der Waals surface area contributed by atoms with Crippen molar-refractivity contribution in [1.29, 1.82) is 0 Å². The molecule has 1 atom stereocenters. The van der Waals surface area contributed by atoms with Crippen LogP contribution < -0.4 is 9.47 Å². The van der Waals surface area contributed by atoms with E-state index >= 15 is 0 Å². The molecule has 1 saturated heterocycles. The van der Waals surface area contributed by atoms with Crippen LogP contribution in [0, 0.1) is 12.3 Å². The van der Waals surface area contributed by atoms with Crippen LogP contribution in [0.15, 0.2) is 54.6 Å². The standard InChI is InChI=1S/C24H22N2O4/c1-3-17-7-6-8-18(13-17)30-16-19-15-26(11-12-29-19)24(27)22-14-23(28-2)20-9-4-5-10-21(20)25-22/h1,4-10,13-14,19H,11-12,15-16H2,2H3. The Morgan fingerprint density at radius 1 is 1.27 bits per heavy atom. The number of carbonyl (C=O) groups is 1. The Bertz CT molecular complexity index is 1110. The van der Waals surface area contributed by atoms with Crippen molar-refractivity contribution in [3.63, 3.8) is 0 Å². The highest BCUT2D eigenvalue weighted by atomic mass is 16.5. The molecule has 4 rings (SSSR count). The van der Waals surface area contributed by atoms with Crippen molar-refractivity contribution in [3.8, 4) is 23.8 Å². The van der Waals surface area contributed by atoms with Crippen LogP contribution in [0.5, 0.6) is 11.5 Å². The first-order valence-electron chi connectivity index (χ1n) is 9.72. The van der Waals surface area contributed by atoms with Crippen molar-refractivity contribution in [1.82, 2.24) is 9.88 Å². The van der Waals surface area contributed by atoms with E-state index in [-0.39, 0.29) is 12.0 Å². The number of terminal acetylenes is 1. The third-order valence-corrected chi connectivity index (χ3v) is 4.98. The molecule has 6 heteroatoms. The lowest BCUT2D eigenvalue weighted by Gasteiger charge is -2.32. The fraction of sp³-hybridized carbons (Fsp3) is 0.250. The first-order chi connectivity index (χ1) is 14.7. The van der Waals surface area contributed by atoms with E-state index in [1.165, 1.54) is 0 Å². The molecule has 3 aromatic rings. The van der Waals surface area contributed by atoms with Crippen molar-refractivity contribution < 1.29 is 19.0 Å². The Morgan fingerprint density at radius 2 is 2.13 bits per heavy atom. The zero-order valence-corrected chi connectivity index (χ0v) is 16.7. The normalized spacial score (nSPS) is 16.1. The lowest BCUT2D eigenvalue weighted by molar-refractivity contribution is -0.0402. The van der Waals surface area contributed by atoms with Crippen LogP contribution in [-0.4, -0.2) is 55.3 Å². The van der Waals surface area contributed by atoms with Gasteiger partial charge in [-0.05, 0) is 30.3 Å². The van der Waals surface area contributed by atoms with E-state index in [1.807, 2.05) is 42.5 Å². The molecule has 1 aliphatic heterocycles. The fourth-order valence-corrected chi connectivity index (χ4v) is 3.45. The number of para-hydroxylation sites is 1. The van der Waals surface area contributed by atoms with Gasteiger partial charge in [0.2, 0.25) is 0 Å². The molecule has 6 nitrogen and oxygen atoms in total. The maximum atomic E-state index is 13.1. The van der Waals surface area contributed by atoms with Crippen LogP contribution in [0.4, 0.5) is 0 Å². The molecule has 1 unspecified atom stereocenters. The smallest absolute Gasteiger partial charge is 0.272 e. The molecule has 0 spiro atoms. The summed E-state index contributed by atoms with van der Waals surface area (Å²) in [4.78, 5) is 19.4. The number of nitrogens with zero attached hydrogens (tertiary/aromatic N) is 2. The molecule has 1 fully saturated rings. The molecule has 1 aromatic heterocycles. The SMILES string of the molecule is C#Cc1cccc(OCC2CN(C(=O)c3cc(OC)c4ccccc4n3)CCO2)c1. The Balaban J connectivity index is 1.46. The van der Waals surface area contributed by atoms with E-state index in [2.05, 4.69) is 10.9 Å². The molecular weight excluding hydrogens is 380 g/mol. The second-order valence-corrected chi connectivity index (χ2v) is 6.95. The van der Waals surface area contributed by atoms with E-state index in [0.29, 0.717) is 43.5 Å². The number of carbonyl (C=O) groups excluding carboxylic acids is 1. The second kappa shape index (κ2) is 8.85. The monoisotopic (exact) mass is 402 g/mol. The predicted octanol–water partition coefficient (Wildman–Crippen LogP) is 3.14. The number of morpholine rings is 1. The summed E-state index contributed by atoms with van der Waals surface area (Å²) in [7, 11) is 1.59. The molecule has 30 heavy (non-hydrogen) atoms. The minimum Gasteiger partial charge on any atom is -0.496 e. The van der Waals surface area contributed by atoms with Crippen LogP contribution in [0.3, 0.4) is 0 Å². The van der Waals surface area contributed by atoms with Gasteiger partial charge in [0.15, 0.2) is 0 Å². The molecule has 0 N–H and O–H groups in total. The molecule has 2 heterocycles. The summed E-state index contributed by atoms with van der Waals surface area (Å²) in [6, 6.07) is 16.6. The van der Waals surface area contributed by atoms with Gasteiger partial charge < -0.3 is 19.1 Å². The number of hydrogen-bond acceptors (Lipinski definition) is 5. The maximum absolute atomic E-state index is 13.1. The van der Waals surface area contributed by atoms with Gasteiger partial charge in [-0.15, -0.1) is 6.42 Å². The van der Waals surface area contributed by atoms with Crippen molar-refractivity contribution >= 4 is 16.8 Å². The number of amides is 1. The van der Waals surface area contributed by atoms with Crippen molar-refractivity contribution in [2.45, 2.75) is 6.10 Å². The molecule has 152 valence electrons. The van der Waals surface area contributed by atoms with Crippen LogP contribution >= 0.6 is 0 Å². The highest BCUT2D eigenvalue weighted by Gasteiger charge is 2.27. The van der Waals surface area contributed by atoms with Gasteiger partial charge in [0.25, 0.3) is 5.91 Å². The molecule has 0 radical (unpaired) electrons. The number of hydrogen-bond donors (Lipinski definition) is 0. The average molecular weight is 402 g/mol. The van der Waals surface area contributed by atoms with Crippen molar-refractivity contribution in [2.24, 2.45) is 0 Å². The van der Waals surface area contributed by atoms with Gasteiger partial charge in [0.05, 0.1) is 25.8 Å². The van der Waals surface area contributed by atoms with Gasteiger partial charge in [-0.2, -0.15) is 0 Å². The molecule has 0 saturated carbocycles. The van der Waals surface area contributed by atoms with Gasteiger partial charge in [0.1, 0.15) is 29.9 Å². The molecule has 0 bridgehead atoms. The highest BCUT2D eigenvalue weighted by molar-refractivity contribution is 5.97. The number of methoxy groups -OCH3 is 1. The highest BCUT2D eigenvalue weighted by Crippen LogP contribution is 2.26. The number of aromatic nitrogens is 1. The maximum Gasteiger partial charge on any atom is 0.272 e. The summed E-state index contributed by atoms with van der Waals surface area (Å²) >= 11 is 0. The van der Waals surface area contributed by atoms with E-state index < -0.39 is 0 Å². The van der Waals surface area contributed by atoms with Gasteiger partial charge in [-0.1, -0.05) is 24.1 Å². The Hall–Kier alpha value is -3.56. The molecule has 0 aliphatic carbocycles. The number of fused-ring (bicyclic) bond motifs is 1. The van der Waals surface area contributed by atoms with E-state index in [9.17, 15) is 4.79 Å². The summed E-state index contributed by atoms with van der Waals surface area (Å²) in [6.07, 6.45) is 5.19. The predicted molar refractivity (Wildman–Crippen MR) is 114 cm³/mol. The number of benzene rings is 2. The topological polar surface area (TPSA) is 60.9 Å². The van der Waals surface area contributed by atoms with Gasteiger partial charge in [-0.3, -0.25) is 4.79 Å². The van der Waals surface area contributed by atoms with Crippen LogP contribution in [0.1, 0.15) is 16.1 Å². The zero-order chi connectivity index (χ0) is 20.9. The third-order valence-electron chi connectivity index (χ3n) is 4.98. The van der Waals surface area contributed by atoms with Gasteiger partial charge in [0, 0.05) is 23.6 Å². The third kappa shape index (κ3) is 4.22. The minimum atomic E-state index is -0.237. The summed E-state index contributed by atoms with van der Waals surface area (Å²) in [5, 5.41) is 0.874. The largest absolute Gasteiger partial charge is 0.496 e. The first-order valence-corrected chi connectivity index (χ1v) is 9.72. The Kier molecular flexibility index (Phi) is 5.82. The quantitative estimate of drug-likeness (QED) is 0.614. The lowest BCUT2D eigenvalue weighted by atomic mass is 10.1. The summed E-state index contributed by atoms with van der Waals surface area (Å²) in [5.74, 6) is 3.74. The molecule has 1 amide bonds. The fourth-order valence-electron chi connectivity index (χ4n) is 3.45.